The van der Waals surface area contributed by atoms with Gasteiger partial charge in [0.05, 0.1) is 22.9 Å². The summed E-state index contributed by atoms with van der Waals surface area (Å²) in [7, 11) is 1.78. The van der Waals surface area contributed by atoms with E-state index in [0.717, 1.165) is 26.8 Å². The molecule has 0 radical (unpaired) electrons. The van der Waals surface area contributed by atoms with Gasteiger partial charge in [0, 0.05) is 17.5 Å². The molecule has 5 nitrogen and oxygen atoms in total. The smallest absolute Gasteiger partial charge is 0.269 e. The average Bonchev–Trinajstić information content (AvgIpc) is 3.08. The van der Waals surface area contributed by atoms with Crippen molar-refractivity contribution < 1.29 is 4.79 Å². The Morgan fingerprint density at radius 3 is 2.65 bits per heavy atom. The minimum Gasteiger partial charge on any atom is -0.346 e. The van der Waals surface area contributed by atoms with Crippen LogP contribution in [0.2, 0.25) is 0 Å². The van der Waals surface area contributed by atoms with Crippen LogP contribution in [0, 0.1) is 13.8 Å². The van der Waals surface area contributed by atoms with Crippen LogP contribution in [0.3, 0.4) is 0 Å². The van der Waals surface area contributed by atoms with Crippen molar-refractivity contribution in [2.24, 2.45) is 7.05 Å². The van der Waals surface area contributed by atoms with Crippen LogP contribution in [0.15, 0.2) is 36.4 Å². The molecule has 3 rings (SSSR count). The Morgan fingerprint density at radius 1 is 1.26 bits per heavy atom. The second kappa shape index (κ2) is 6.34. The largest absolute Gasteiger partial charge is 0.346 e. The molecule has 2 heterocycles. The third-order valence-corrected chi connectivity index (χ3v) is 4.66. The number of thiazole rings is 1. The first kappa shape index (κ1) is 15.4. The SMILES string of the molecule is Cc1nc(C)c(CNC(=O)c2cc(-c3ccccc3)nn2C)s1. The monoisotopic (exact) mass is 326 g/mol. The Bertz CT molecular complexity index is 836. The number of hydrogen-bond donors (Lipinski definition) is 1. The summed E-state index contributed by atoms with van der Waals surface area (Å²) in [6.07, 6.45) is 0. The molecule has 0 aliphatic rings. The summed E-state index contributed by atoms with van der Waals surface area (Å²) in [5.41, 5.74) is 3.31. The molecule has 1 aromatic carbocycles. The van der Waals surface area contributed by atoms with Gasteiger partial charge in [-0.05, 0) is 19.9 Å². The summed E-state index contributed by atoms with van der Waals surface area (Å²) in [5, 5.41) is 8.38. The summed E-state index contributed by atoms with van der Waals surface area (Å²) in [5.74, 6) is -0.132. The number of nitrogens with zero attached hydrogens (tertiary/aromatic N) is 3. The van der Waals surface area contributed by atoms with E-state index in [1.807, 2.05) is 50.2 Å². The highest BCUT2D eigenvalue weighted by Crippen LogP contribution is 2.19. The first-order valence-electron chi connectivity index (χ1n) is 7.35. The van der Waals surface area contributed by atoms with E-state index in [4.69, 9.17) is 0 Å². The zero-order valence-electron chi connectivity index (χ0n) is 13.3. The molecule has 0 saturated carbocycles. The van der Waals surface area contributed by atoms with Gasteiger partial charge in [-0.15, -0.1) is 11.3 Å². The topological polar surface area (TPSA) is 59.8 Å². The van der Waals surface area contributed by atoms with Crippen molar-refractivity contribution in [1.29, 1.82) is 0 Å². The molecular weight excluding hydrogens is 308 g/mol. The van der Waals surface area contributed by atoms with Gasteiger partial charge < -0.3 is 5.32 Å². The molecule has 0 atom stereocenters. The normalized spacial score (nSPS) is 10.7. The number of rotatable bonds is 4. The van der Waals surface area contributed by atoms with Gasteiger partial charge in [0.15, 0.2) is 0 Å². The molecule has 2 aromatic heterocycles. The molecule has 0 spiro atoms. The molecular formula is C17H18N4OS. The van der Waals surface area contributed by atoms with Crippen molar-refractivity contribution in [3.8, 4) is 11.3 Å². The van der Waals surface area contributed by atoms with Gasteiger partial charge in [-0.25, -0.2) is 4.98 Å². The van der Waals surface area contributed by atoms with Crippen LogP contribution in [0.5, 0.6) is 0 Å². The number of benzene rings is 1. The molecule has 0 aliphatic heterocycles. The lowest BCUT2D eigenvalue weighted by atomic mass is 10.1. The average molecular weight is 326 g/mol. The molecule has 0 bridgehead atoms. The lowest BCUT2D eigenvalue weighted by Gasteiger charge is -2.04. The number of carbonyl (C=O) groups is 1. The standard InChI is InChI=1S/C17H18N4OS/c1-11-16(23-12(2)19-11)10-18-17(22)15-9-14(20-21(15)3)13-7-5-4-6-8-13/h4-9H,10H2,1-3H3,(H,18,22). The fourth-order valence-electron chi connectivity index (χ4n) is 2.42. The lowest BCUT2D eigenvalue weighted by molar-refractivity contribution is 0.0942. The summed E-state index contributed by atoms with van der Waals surface area (Å²) in [4.78, 5) is 17.9. The molecule has 1 N–H and O–H groups in total. The number of nitrogens with one attached hydrogen (secondary N) is 1. The maximum absolute atomic E-state index is 12.4. The van der Waals surface area contributed by atoms with E-state index in [1.54, 1.807) is 23.1 Å². The number of aryl methyl sites for hydroxylation is 3. The van der Waals surface area contributed by atoms with Crippen molar-refractivity contribution in [2.75, 3.05) is 0 Å². The first-order chi connectivity index (χ1) is 11.0. The van der Waals surface area contributed by atoms with Crippen LogP contribution in [0.4, 0.5) is 0 Å². The number of amides is 1. The predicted octanol–water partition coefficient (Wildman–Crippen LogP) is 3.09. The number of aromatic nitrogens is 3. The minimum absolute atomic E-state index is 0.132. The number of hydrogen-bond acceptors (Lipinski definition) is 4. The molecule has 3 aromatic rings. The Balaban J connectivity index is 1.75. The molecule has 0 saturated heterocycles. The third kappa shape index (κ3) is 3.32. The van der Waals surface area contributed by atoms with E-state index in [2.05, 4.69) is 15.4 Å². The molecule has 6 heteroatoms. The van der Waals surface area contributed by atoms with Gasteiger partial charge in [-0.2, -0.15) is 5.10 Å². The second-order valence-electron chi connectivity index (χ2n) is 5.33. The molecule has 1 amide bonds. The van der Waals surface area contributed by atoms with Crippen molar-refractivity contribution in [2.45, 2.75) is 20.4 Å². The van der Waals surface area contributed by atoms with Crippen LogP contribution in [0.1, 0.15) is 26.1 Å². The zero-order valence-corrected chi connectivity index (χ0v) is 14.1. The van der Waals surface area contributed by atoms with E-state index in [0.29, 0.717) is 12.2 Å². The highest BCUT2D eigenvalue weighted by molar-refractivity contribution is 7.11. The quantitative estimate of drug-likeness (QED) is 0.801. The van der Waals surface area contributed by atoms with Gasteiger partial charge >= 0.3 is 0 Å². The van der Waals surface area contributed by atoms with Crippen molar-refractivity contribution in [3.05, 3.63) is 57.7 Å². The summed E-state index contributed by atoms with van der Waals surface area (Å²) in [6, 6.07) is 11.6. The maximum atomic E-state index is 12.4. The lowest BCUT2D eigenvalue weighted by Crippen LogP contribution is -2.25. The van der Waals surface area contributed by atoms with Gasteiger partial charge in [-0.3, -0.25) is 9.48 Å². The van der Waals surface area contributed by atoms with Gasteiger partial charge in [0.2, 0.25) is 0 Å². The molecule has 0 aliphatic carbocycles. The zero-order chi connectivity index (χ0) is 16.4. The molecule has 118 valence electrons. The fraction of sp³-hybridized carbons (Fsp3) is 0.235. The van der Waals surface area contributed by atoms with Crippen LogP contribution in [-0.2, 0) is 13.6 Å². The first-order valence-corrected chi connectivity index (χ1v) is 8.17. The van der Waals surface area contributed by atoms with E-state index in [1.165, 1.54) is 0 Å². The molecule has 0 unspecified atom stereocenters. The van der Waals surface area contributed by atoms with E-state index >= 15 is 0 Å². The number of carbonyl (C=O) groups excluding carboxylic acids is 1. The summed E-state index contributed by atoms with van der Waals surface area (Å²) in [6.45, 7) is 4.42. The van der Waals surface area contributed by atoms with Gasteiger partial charge in [0.25, 0.3) is 5.91 Å². The summed E-state index contributed by atoms with van der Waals surface area (Å²) < 4.78 is 1.61. The van der Waals surface area contributed by atoms with E-state index < -0.39 is 0 Å². The predicted molar refractivity (Wildman–Crippen MR) is 91.4 cm³/mol. The highest BCUT2D eigenvalue weighted by Gasteiger charge is 2.15. The highest BCUT2D eigenvalue weighted by atomic mass is 32.1. The minimum atomic E-state index is -0.132. The van der Waals surface area contributed by atoms with Crippen molar-refractivity contribution in [3.63, 3.8) is 0 Å². The van der Waals surface area contributed by atoms with Crippen LogP contribution in [0.25, 0.3) is 11.3 Å². The third-order valence-electron chi connectivity index (χ3n) is 3.59. The Kier molecular flexibility index (Phi) is 4.25. The molecule has 0 fully saturated rings. The molecule has 23 heavy (non-hydrogen) atoms. The van der Waals surface area contributed by atoms with E-state index in [-0.39, 0.29) is 5.91 Å². The van der Waals surface area contributed by atoms with Crippen molar-refractivity contribution >= 4 is 17.2 Å². The summed E-state index contributed by atoms with van der Waals surface area (Å²) >= 11 is 1.61. The van der Waals surface area contributed by atoms with Crippen molar-refractivity contribution in [1.82, 2.24) is 20.1 Å². The van der Waals surface area contributed by atoms with Gasteiger partial charge in [-0.1, -0.05) is 30.3 Å². The van der Waals surface area contributed by atoms with Crippen LogP contribution < -0.4 is 5.32 Å². The maximum Gasteiger partial charge on any atom is 0.269 e. The van der Waals surface area contributed by atoms with Crippen LogP contribution >= 0.6 is 11.3 Å². The van der Waals surface area contributed by atoms with Crippen LogP contribution in [-0.4, -0.2) is 20.7 Å². The Hall–Kier alpha value is -2.47. The fourth-order valence-corrected chi connectivity index (χ4v) is 3.30. The van der Waals surface area contributed by atoms with E-state index in [9.17, 15) is 4.79 Å². The second-order valence-corrected chi connectivity index (χ2v) is 6.62. The Morgan fingerprint density at radius 2 is 2.00 bits per heavy atom. The van der Waals surface area contributed by atoms with Gasteiger partial charge in [0.1, 0.15) is 5.69 Å². The Labute approximate surface area is 139 Å².